The van der Waals surface area contributed by atoms with E-state index in [1.165, 1.54) is 24.0 Å². The maximum Gasteiger partial charge on any atom is 0.0314 e. The molecular formula is C11H13N. The molecule has 2 N–H and O–H groups in total. The predicted octanol–water partition coefficient (Wildman–Crippen LogP) is 2.84. The summed E-state index contributed by atoms with van der Waals surface area (Å²) < 4.78 is 0. The van der Waals surface area contributed by atoms with Crippen molar-refractivity contribution in [3.8, 4) is 0 Å². The molecule has 0 unspecified atom stereocenters. The summed E-state index contributed by atoms with van der Waals surface area (Å²) in [6, 6.07) is 8.11. The third-order valence-corrected chi connectivity index (χ3v) is 2.37. The molecule has 2 rings (SSSR count). The highest BCUT2D eigenvalue weighted by Gasteiger charge is 2.15. The third-order valence-electron chi connectivity index (χ3n) is 2.37. The first-order valence-electron chi connectivity index (χ1n) is 4.32. The Kier molecular flexibility index (Phi) is 1.65. The van der Waals surface area contributed by atoms with E-state index in [0.717, 1.165) is 5.69 Å². The van der Waals surface area contributed by atoms with Crippen LogP contribution in [0.25, 0.3) is 5.57 Å². The van der Waals surface area contributed by atoms with Crippen molar-refractivity contribution in [1.29, 1.82) is 0 Å². The molecule has 1 heteroatoms. The Hall–Kier alpha value is -1.24. The highest BCUT2D eigenvalue weighted by Crippen LogP contribution is 2.35. The minimum Gasteiger partial charge on any atom is -0.399 e. The molecular weight excluding hydrogens is 146 g/mol. The number of anilines is 1. The highest BCUT2D eigenvalue weighted by atomic mass is 14.5. The Morgan fingerprint density at radius 3 is 2.25 bits per heavy atom. The molecule has 1 saturated carbocycles. The van der Waals surface area contributed by atoms with Gasteiger partial charge in [-0.1, -0.05) is 17.7 Å². The lowest BCUT2D eigenvalue weighted by Crippen LogP contribution is -1.84. The minimum absolute atomic E-state index is 0.840. The Morgan fingerprint density at radius 2 is 1.75 bits per heavy atom. The largest absolute Gasteiger partial charge is 0.399 e. The van der Waals surface area contributed by atoms with Gasteiger partial charge in [-0.2, -0.15) is 0 Å². The van der Waals surface area contributed by atoms with Gasteiger partial charge in [0.25, 0.3) is 0 Å². The monoisotopic (exact) mass is 159 g/mol. The number of allylic oxidation sites excluding steroid dienone is 2. The molecule has 0 aromatic heterocycles. The molecule has 1 aliphatic carbocycles. The van der Waals surface area contributed by atoms with Crippen LogP contribution in [0.15, 0.2) is 29.8 Å². The molecule has 0 saturated heterocycles. The SMILES string of the molecule is CC(=C1CC1)c1ccc(N)cc1. The van der Waals surface area contributed by atoms with Gasteiger partial charge in [-0.05, 0) is 43.0 Å². The molecule has 12 heavy (non-hydrogen) atoms. The van der Waals surface area contributed by atoms with Crippen molar-refractivity contribution < 1.29 is 0 Å². The van der Waals surface area contributed by atoms with Crippen LogP contribution in [0.5, 0.6) is 0 Å². The molecule has 1 aromatic carbocycles. The predicted molar refractivity (Wildman–Crippen MR) is 52.7 cm³/mol. The van der Waals surface area contributed by atoms with Crippen LogP contribution in [0.3, 0.4) is 0 Å². The van der Waals surface area contributed by atoms with Gasteiger partial charge in [-0.15, -0.1) is 0 Å². The minimum atomic E-state index is 0.840. The average Bonchev–Trinajstić information content (AvgIpc) is 2.87. The summed E-state index contributed by atoms with van der Waals surface area (Å²) in [6.45, 7) is 2.19. The van der Waals surface area contributed by atoms with Gasteiger partial charge in [0, 0.05) is 5.69 Å². The Labute approximate surface area is 72.9 Å². The third kappa shape index (κ3) is 1.35. The van der Waals surface area contributed by atoms with Crippen LogP contribution in [-0.2, 0) is 0 Å². The lowest BCUT2D eigenvalue weighted by atomic mass is 10.1. The van der Waals surface area contributed by atoms with Gasteiger partial charge in [0.1, 0.15) is 0 Å². The summed E-state index contributed by atoms with van der Waals surface area (Å²) >= 11 is 0. The first kappa shape index (κ1) is 7.41. The van der Waals surface area contributed by atoms with Gasteiger partial charge in [0.2, 0.25) is 0 Å². The molecule has 0 spiro atoms. The summed E-state index contributed by atoms with van der Waals surface area (Å²) in [4.78, 5) is 0. The van der Waals surface area contributed by atoms with Crippen LogP contribution in [-0.4, -0.2) is 0 Å². The van der Waals surface area contributed by atoms with Gasteiger partial charge in [0.15, 0.2) is 0 Å². The molecule has 1 fully saturated rings. The average molecular weight is 159 g/mol. The van der Waals surface area contributed by atoms with E-state index in [1.54, 1.807) is 5.57 Å². The van der Waals surface area contributed by atoms with Crippen molar-refractivity contribution in [2.75, 3.05) is 5.73 Å². The molecule has 0 amide bonds. The summed E-state index contributed by atoms with van der Waals surface area (Å²) in [5, 5.41) is 0. The number of nitrogens with two attached hydrogens (primary N) is 1. The molecule has 0 heterocycles. The summed E-state index contributed by atoms with van der Waals surface area (Å²) in [5.74, 6) is 0. The van der Waals surface area contributed by atoms with Crippen molar-refractivity contribution in [3.63, 3.8) is 0 Å². The molecule has 0 radical (unpaired) electrons. The van der Waals surface area contributed by atoms with E-state index in [1.807, 2.05) is 12.1 Å². The molecule has 1 aromatic rings. The summed E-state index contributed by atoms with van der Waals surface area (Å²) in [7, 11) is 0. The fraction of sp³-hybridized carbons (Fsp3) is 0.273. The second kappa shape index (κ2) is 2.67. The second-order valence-electron chi connectivity index (χ2n) is 3.35. The number of rotatable bonds is 1. The van der Waals surface area contributed by atoms with Gasteiger partial charge < -0.3 is 5.73 Å². The maximum atomic E-state index is 5.60. The van der Waals surface area contributed by atoms with Crippen LogP contribution in [0.1, 0.15) is 25.3 Å². The first-order valence-corrected chi connectivity index (χ1v) is 4.32. The van der Waals surface area contributed by atoms with Crippen LogP contribution >= 0.6 is 0 Å². The molecule has 0 aliphatic heterocycles. The zero-order chi connectivity index (χ0) is 8.55. The molecule has 0 bridgehead atoms. The van der Waals surface area contributed by atoms with Crippen LogP contribution in [0.4, 0.5) is 5.69 Å². The first-order chi connectivity index (χ1) is 5.77. The molecule has 1 nitrogen and oxygen atoms in total. The molecule has 0 atom stereocenters. The van der Waals surface area contributed by atoms with Crippen molar-refractivity contribution in [3.05, 3.63) is 35.4 Å². The van der Waals surface area contributed by atoms with E-state index in [9.17, 15) is 0 Å². The Balaban J connectivity index is 2.35. The molecule has 62 valence electrons. The van der Waals surface area contributed by atoms with Gasteiger partial charge >= 0.3 is 0 Å². The zero-order valence-corrected chi connectivity index (χ0v) is 7.30. The van der Waals surface area contributed by atoms with E-state index >= 15 is 0 Å². The van der Waals surface area contributed by atoms with Crippen LogP contribution in [0.2, 0.25) is 0 Å². The van der Waals surface area contributed by atoms with Gasteiger partial charge in [0.05, 0.1) is 0 Å². The number of nitrogen functional groups attached to an aromatic ring is 1. The Morgan fingerprint density at radius 1 is 1.17 bits per heavy atom. The van der Waals surface area contributed by atoms with E-state index in [0.29, 0.717) is 0 Å². The normalized spacial score (nSPS) is 14.6. The number of benzene rings is 1. The van der Waals surface area contributed by atoms with E-state index in [4.69, 9.17) is 5.73 Å². The fourth-order valence-corrected chi connectivity index (χ4v) is 1.37. The highest BCUT2D eigenvalue weighted by molar-refractivity contribution is 5.70. The standard InChI is InChI=1S/C11H13N/c1-8(9-2-3-9)10-4-6-11(12)7-5-10/h4-7H,2-3,12H2,1H3. The lowest BCUT2D eigenvalue weighted by Gasteiger charge is -2.00. The fourth-order valence-electron chi connectivity index (χ4n) is 1.37. The molecule has 1 aliphatic rings. The van der Waals surface area contributed by atoms with Crippen LogP contribution < -0.4 is 5.73 Å². The zero-order valence-electron chi connectivity index (χ0n) is 7.30. The van der Waals surface area contributed by atoms with Crippen molar-refractivity contribution in [2.24, 2.45) is 0 Å². The quantitative estimate of drug-likeness (QED) is 0.626. The van der Waals surface area contributed by atoms with Crippen molar-refractivity contribution >= 4 is 11.3 Å². The summed E-state index contributed by atoms with van der Waals surface area (Å²) in [6.07, 6.45) is 2.58. The van der Waals surface area contributed by atoms with Crippen molar-refractivity contribution in [1.82, 2.24) is 0 Å². The topological polar surface area (TPSA) is 26.0 Å². The Bertz CT molecular complexity index is 313. The van der Waals surface area contributed by atoms with E-state index in [-0.39, 0.29) is 0 Å². The van der Waals surface area contributed by atoms with Gasteiger partial charge in [-0.3, -0.25) is 0 Å². The van der Waals surface area contributed by atoms with E-state index < -0.39 is 0 Å². The maximum absolute atomic E-state index is 5.60. The number of hydrogen-bond acceptors (Lipinski definition) is 1. The lowest BCUT2D eigenvalue weighted by molar-refractivity contribution is 1.50. The summed E-state index contributed by atoms with van der Waals surface area (Å²) in [5.41, 5.74) is 10.8. The number of hydrogen-bond donors (Lipinski definition) is 1. The van der Waals surface area contributed by atoms with Gasteiger partial charge in [-0.25, -0.2) is 0 Å². The van der Waals surface area contributed by atoms with Crippen molar-refractivity contribution in [2.45, 2.75) is 19.8 Å². The second-order valence-corrected chi connectivity index (χ2v) is 3.35. The van der Waals surface area contributed by atoms with Crippen LogP contribution in [0, 0.1) is 0 Å². The van der Waals surface area contributed by atoms with E-state index in [2.05, 4.69) is 19.1 Å². The smallest absolute Gasteiger partial charge is 0.0314 e.